The largest absolute Gasteiger partial charge is 0.476 e. The Morgan fingerprint density at radius 2 is 1.96 bits per heavy atom. The van der Waals surface area contributed by atoms with Crippen LogP contribution >= 0.6 is 0 Å². The van der Waals surface area contributed by atoms with Gasteiger partial charge in [0, 0.05) is 5.56 Å². The van der Waals surface area contributed by atoms with Crippen molar-refractivity contribution in [1.29, 1.82) is 0 Å². The molecule has 0 aliphatic carbocycles. The zero-order valence-corrected chi connectivity index (χ0v) is 16.3. The van der Waals surface area contributed by atoms with E-state index in [4.69, 9.17) is 4.74 Å². The molecule has 3 aromatic rings. The highest BCUT2D eigenvalue weighted by Crippen LogP contribution is 2.29. The van der Waals surface area contributed by atoms with Gasteiger partial charge in [0.25, 0.3) is 0 Å². The van der Waals surface area contributed by atoms with Crippen molar-refractivity contribution >= 4 is 0 Å². The molecule has 0 saturated carbocycles. The molecular weight excluding hydrogens is 368 g/mol. The average Bonchev–Trinajstić information content (AvgIpc) is 3.09. The Bertz CT molecular complexity index is 886. The fourth-order valence-electron chi connectivity index (χ4n) is 2.37. The minimum Gasteiger partial charge on any atom is -0.476 e. The third-order valence-electron chi connectivity index (χ3n) is 3.38. The van der Waals surface area contributed by atoms with Crippen molar-refractivity contribution in [2.24, 2.45) is 0 Å². The molecule has 0 amide bonds. The molecule has 2 heterocycles. The predicted octanol–water partition coefficient (Wildman–Crippen LogP) is 4.12. The van der Waals surface area contributed by atoms with Crippen molar-refractivity contribution in [2.45, 2.75) is 40.9 Å². The molecule has 7 nitrogen and oxygen atoms in total. The molecule has 150 valence electrons. The summed E-state index contributed by atoms with van der Waals surface area (Å²) in [7, 11) is 0. The second kappa shape index (κ2) is 10.3. The van der Waals surface area contributed by atoms with E-state index >= 15 is 0 Å². The summed E-state index contributed by atoms with van der Waals surface area (Å²) >= 11 is 0. The lowest BCUT2D eigenvalue weighted by molar-refractivity contribution is -0.0498. The molecule has 0 N–H and O–H groups in total. The van der Waals surface area contributed by atoms with Gasteiger partial charge in [0.15, 0.2) is 0 Å². The van der Waals surface area contributed by atoms with E-state index in [1.54, 1.807) is 36.3 Å². The molecule has 9 heteroatoms. The lowest BCUT2D eigenvalue weighted by atomic mass is 10.1. The standard InChI is InChI=1S/C17H17F2N5O2.C2H6/c1-3-25-16-15(12-5-4-6-14(7-12)26-17(18)19)22-13(8-20-16)9-24-10-21-11(2)23-24;1-2/h4-8,10,17H,3,9H2,1-2H3;1-2H3. The zero-order valence-electron chi connectivity index (χ0n) is 16.3. The number of aryl methyl sites for hydroxylation is 1. The van der Waals surface area contributed by atoms with Crippen LogP contribution in [0.3, 0.4) is 0 Å². The zero-order chi connectivity index (χ0) is 20.5. The van der Waals surface area contributed by atoms with Crippen LogP contribution < -0.4 is 9.47 Å². The summed E-state index contributed by atoms with van der Waals surface area (Å²) in [5.74, 6) is 1.01. The maximum Gasteiger partial charge on any atom is 0.387 e. The van der Waals surface area contributed by atoms with Crippen molar-refractivity contribution in [1.82, 2.24) is 24.7 Å². The Labute approximate surface area is 162 Å². The minimum atomic E-state index is -2.90. The lowest BCUT2D eigenvalue weighted by Gasteiger charge is -2.11. The summed E-state index contributed by atoms with van der Waals surface area (Å²) in [6.07, 6.45) is 3.19. The van der Waals surface area contributed by atoms with Gasteiger partial charge in [0.1, 0.15) is 23.6 Å². The molecule has 0 fully saturated rings. The van der Waals surface area contributed by atoms with E-state index in [0.29, 0.717) is 41.8 Å². The quantitative estimate of drug-likeness (QED) is 0.603. The number of hydrogen-bond acceptors (Lipinski definition) is 6. The maximum absolute atomic E-state index is 12.5. The van der Waals surface area contributed by atoms with E-state index in [2.05, 4.69) is 24.8 Å². The summed E-state index contributed by atoms with van der Waals surface area (Å²) in [6.45, 7) is 5.50. The van der Waals surface area contributed by atoms with Crippen molar-refractivity contribution in [2.75, 3.05) is 6.61 Å². The first-order chi connectivity index (χ1) is 13.5. The maximum atomic E-state index is 12.5. The molecule has 0 radical (unpaired) electrons. The highest BCUT2D eigenvalue weighted by Gasteiger charge is 2.14. The van der Waals surface area contributed by atoms with Crippen molar-refractivity contribution in [3.8, 4) is 22.9 Å². The first-order valence-electron chi connectivity index (χ1n) is 8.95. The smallest absolute Gasteiger partial charge is 0.387 e. The van der Waals surface area contributed by atoms with Gasteiger partial charge in [-0.3, -0.25) is 0 Å². The van der Waals surface area contributed by atoms with Gasteiger partial charge < -0.3 is 9.47 Å². The van der Waals surface area contributed by atoms with Crippen molar-refractivity contribution < 1.29 is 18.3 Å². The van der Waals surface area contributed by atoms with E-state index in [0.717, 1.165) is 0 Å². The number of halogens is 2. The highest BCUT2D eigenvalue weighted by atomic mass is 19.3. The third-order valence-corrected chi connectivity index (χ3v) is 3.38. The molecule has 2 aromatic heterocycles. The van der Waals surface area contributed by atoms with Gasteiger partial charge in [-0.2, -0.15) is 13.9 Å². The van der Waals surface area contributed by atoms with Crippen LogP contribution in [0.2, 0.25) is 0 Å². The van der Waals surface area contributed by atoms with Crippen LogP contribution in [0, 0.1) is 6.92 Å². The van der Waals surface area contributed by atoms with Gasteiger partial charge in [-0.15, -0.1) is 0 Å². The Balaban J connectivity index is 0.00000136. The second-order valence-electron chi connectivity index (χ2n) is 5.34. The molecule has 0 saturated heterocycles. The Hall–Kier alpha value is -3.10. The predicted molar refractivity (Wildman–Crippen MR) is 100 cm³/mol. The SMILES string of the molecule is CC.CCOc1ncc(Cn2cnc(C)n2)nc1-c1cccc(OC(F)F)c1. The molecule has 1 aromatic carbocycles. The highest BCUT2D eigenvalue weighted by molar-refractivity contribution is 5.66. The summed E-state index contributed by atoms with van der Waals surface area (Å²) in [6, 6.07) is 6.26. The van der Waals surface area contributed by atoms with Crippen LogP contribution in [0.15, 0.2) is 36.8 Å². The second-order valence-corrected chi connectivity index (χ2v) is 5.34. The Morgan fingerprint density at radius 1 is 1.18 bits per heavy atom. The number of benzene rings is 1. The van der Waals surface area contributed by atoms with Gasteiger partial charge in [0.05, 0.1) is 25.0 Å². The van der Waals surface area contributed by atoms with Gasteiger partial charge in [-0.1, -0.05) is 26.0 Å². The first kappa shape index (κ1) is 21.2. The number of alkyl halides is 2. The minimum absolute atomic E-state index is 0.0408. The number of nitrogens with zero attached hydrogens (tertiary/aromatic N) is 5. The summed E-state index contributed by atoms with van der Waals surface area (Å²) in [5.41, 5.74) is 1.64. The van der Waals surface area contributed by atoms with Crippen LogP contribution in [0.25, 0.3) is 11.3 Å². The average molecular weight is 391 g/mol. The van der Waals surface area contributed by atoms with E-state index in [1.165, 1.54) is 12.1 Å². The first-order valence-corrected chi connectivity index (χ1v) is 8.95. The van der Waals surface area contributed by atoms with Crippen molar-refractivity contribution in [3.63, 3.8) is 0 Å². The molecule has 3 rings (SSSR count). The topological polar surface area (TPSA) is 75.0 Å². The van der Waals surface area contributed by atoms with Crippen LogP contribution in [-0.2, 0) is 6.54 Å². The van der Waals surface area contributed by atoms with Crippen LogP contribution in [-0.4, -0.2) is 38.0 Å². The van der Waals surface area contributed by atoms with E-state index < -0.39 is 6.61 Å². The van der Waals surface area contributed by atoms with Crippen LogP contribution in [0.5, 0.6) is 11.6 Å². The molecule has 0 unspecified atom stereocenters. The van der Waals surface area contributed by atoms with Crippen LogP contribution in [0.1, 0.15) is 32.3 Å². The molecule has 0 aliphatic rings. The number of aromatic nitrogens is 5. The summed E-state index contributed by atoms with van der Waals surface area (Å²) < 4.78 is 36.6. The fraction of sp³-hybridized carbons (Fsp3) is 0.368. The summed E-state index contributed by atoms with van der Waals surface area (Å²) in [5, 5.41) is 4.22. The monoisotopic (exact) mass is 391 g/mol. The van der Waals surface area contributed by atoms with E-state index in [-0.39, 0.29) is 5.75 Å². The van der Waals surface area contributed by atoms with Gasteiger partial charge in [-0.25, -0.2) is 19.6 Å². The Kier molecular flexibility index (Phi) is 7.79. The molecule has 0 aliphatic heterocycles. The number of rotatable bonds is 7. The third kappa shape index (κ3) is 5.70. The van der Waals surface area contributed by atoms with Gasteiger partial charge in [-0.05, 0) is 26.0 Å². The lowest BCUT2D eigenvalue weighted by Crippen LogP contribution is -2.07. The van der Waals surface area contributed by atoms with Crippen molar-refractivity contribution in [3.05, 3.63) is 48.3 Å². The molecule has 0 atom stereocenters. The normalized spacial score (nSPS) is 10.4. The summed E-state index contributed by atoms with van der Waals surface area (Å²) in [4.78, 5) is 12.9. The van der Waals surface area contributed by atoms with Gasteiger partial charge >= 0.3 is 6.61 Å². The fourth-order valence-corrected chi connectivity index (χ4v) is 2.37. The van der Waals surface area contributed by atoms with Crippen LogP contribution in [0.4, 0.5) is 8.78 Å². The number of ether oxygens (including phenoxy) is 2. The van der Waals surface area contributed by atoms with E-state index in [1.807, 2.05) is 20.8 Å². The van der Waals surface area contributed by atoms with E-state index in [9.17, 15) is 8.78 Å². The molecule has 0 spiro atoms. The van der Waals surface area contributed by atoms with Gasteiger partial charge in [0.2, 0.25) is 5.88 Å². The number of hydrogen-bond donors (Lipinski definition) is 0. The molecule has 28 heavy (non-hydrogen) atoms. The molecule has 0 bridgehead atoms. The molecular formula is C19H23F2N5O2. The Morgan fingerprint density at radius 3 is 2.61 bits per heavy atom.